The van der Waals surface area contributed by atoms with Gasteiger partial charge in [0.15, 0.2) is 11.5 Å². The normalized spacial score (nSPS) is 11.0. The molecule has 4 nitrogen and oxygen atoms in total. The maximum Gasteiger partial charge on any atom is 0.168 e. The van der Waals surface area contributed by atoms with Gasteiger partial charge in [-0.15, -0.1) is 10.2 Å². The van der Waals surface area contributed by atoms with Gasteiger partial charge >= 0.3 is 0 Å². The van der Waals surface area contributed by atoms with E-state index in [1.54, 1.807) is 0 Å². The molecule has 90 valence electrons. The maximum atomic E-state index is 5.94. The minimum atomic E-state index is 0.746. The van der Waals surface area contributed by atoms with Gasteiger partial charge in [-0.3, -0.25) is 4.40 Å². The number of nitrogens with zero attached hydrogens (tertiary/aromatic N) is 3. The number of pyridine rings is 1. The highest BCUT2D eigenvalue weighted by Gasteiger charge is 2.09. The summed E-state index contributed by atoms with van der Waals surface area (Å²) in [5, 5.41) is 8.41. The summed E-state index contributed by atoms with van der Waals surface area (Å²) in [6.45, 7) is 4.03. The standard InChI is InChI=1S/C14H14N4/c1-9-3-5-11(6-4-9)14-17-16-13-7-10(2)12(15)8-18(13)14/h3-8H,15H2,1-2H3. The fraction of sp³-hybridized carbons (Fsp3) is 0.143. The van der Waals surface area contributed by atoms with Gasteiger partial charge in [0.1, 0.15) is 0 Å². The zero-order chi connectivity index (χ0) is 12.7. The molecule has 3 rings (SSSR count). The van der Waals surface area contributed by atoms with E-state index in [9.17, 15) is 0 Å². The number of nitrogens with two attached hydrogens (primary N) is 1. The second-order valence-corrected chi connectivity index (χ2v) is 4.53. The Labute approximate surface area is 105 Å². The summed E-state index contributed by atoms with van der Waals surface area (Å²) in [6.07, 6.45) is 1.87. The van der Waals surface area contributed by atoms with Gasteiger partial charge in [0.2, 0.25) is 0 Å². The molecule has 2 N–H and O–H groups in total. The second-order valence-electron chi connectivity index (χ2n) is 4.53. The maximum absolute atomic E-state index is 5.94. The number of anilines is 1. The van der Waals surface area contributed by atoms with Crippen molar-refractivity contribution in [1.82, 2.24) is 14.6 Å². The third-order valence-corrected chi connectivity index (χ3v) is 3.10. The van der Waals surface area contributed by atoms with Crippen molar-refractivity contribution in [2.75, 3.05) is 5.73 Å². The van der Waals surface area contributed by atoms with E-state index in [1.165, 1.54) is 5.56 Å². The zero-order valence-corrected chi connectivity index (χ0v) is 10.4. The monoisotopic (exact) mass is 238 g/mol. The number of rotatable bonds is 1. The molecule has 0 aliphatic heterocycles. The van der Waals surface area contributed by atoms with Gasteiger partial charge in [0, 0.05) is 11.8 Å². The molecule has 4 heteroatoms. The van der Waals surface area contributed by atoms with Gasteiger partial charge in [-0.1, -0.05) is 29.8 Å². The van der Waals surface area contributed by atoms with Gasteiger partial charge in [0.25, 0.3) is 0 Å². The first-order valence-electron chi connectivity index (χ1n) is 5.83. The Morgan fingerprint density at radius 1 is 1.06 bits per heavy atom. The van der Waals surface area contributed by atoms with Crippen molar-refractivity contribution >= 4 is 11.3 Å². The largest absolute Gasteiger partial charge is 0.397 e. The highest BCUT2D eigenvalue weighted by Crippen LogP contribution is 2.21. The van der Waals surface area contributed by atoms with Gasteiger partial charge in [0.05, 0.1) is 5.69 Å². The number of benzene rings is 1. The summed E-state index contributed by atoms with van der Waals surface area (Å²) in [4.78, 5) is 0. The Balaban J connectivity index is 2.23. The smallest absolute Gasteiger partial charge is 0.168 e. The molecule has 18 heavy (non-hydrogen) atoms. The minimum absolute atomic E-state index is 0.746. The van der Waals surface area contributed by atoms with Crippen molar-refractivity contribution < 1.29 is 0 Å². The Kier molecular flexibility index (Phi) is 2.30. The molecule has 0 bridgehead atoms. The molecule has 0 atom stereocenters. The van der Waals surface area contributed by atoms with Crippen LogP contribution in [0.3, 0.4) is 0 Å². The summed E-state index contributed by atoms with van der Waals surface area (Å²) in [7, 11) is 0. The fourth-order valence-electron chi connectivity index (χ4n) is 1.95. The van der Waals surface area contributed by atoms with Crippen LogP contribution in [0.15, 0.2) is 36.5 Å². The Bertz CT molecular complexity index is 710. The highest BCUT2D eigenvalue weighted by atomic mass is 15.2. The van der Waals surface area contributed by atoms with E-state index in [2.05, 4.69) is 29.3 Å². The van der Waals surface area contributed by atoms with Gasteiger partial charge in [-0.05, 0) is 25.5 Å². The quantitative estimate of drug-likeness (QED) is 0.709. The Morgan fingerprint density at radius 3 is 2.50 bits per heavy atom. The van der Waals surface area contributed by atoms with Crippen LogP contribution in [0.4, 0.5) is 5.69 Å². The van der Waals surface area contributed by atoms with Crippen molar-refractivity contribution in [2.24, 2.45) is 0 Å². The lowest BCUT2D eigenvalue weighted by Gasteiger charge is -2.04. The average Bonchev–Trinajstić information content (AvgIpc) is 2.74. The number of fused-ring (bicyclic) bond motifs is 1. The zero-order valence-electron chi connectivity index (χ0n) is 10.4. The van der Waals surface area contributed by atoms with E-state index >= 15 is 0 Å². The SMILES string of the molecule is Cc1ccc(-c2nnc3cc(C)c(N)cn23)cc1. The van der Waals surface area contributed by atoms with Crippen molar-refractivity contribution in [3.05, 3.63) is 47.7 Å². The lowest BCUT2D eigenvalue weighted by Crippen LogP contribution is -1.96. The molecule has 1 aromatic carbocycles. The molecule has 3 aromatic rings. The van der Waals surface area contributed by atoms with Crippen LogP contribution in [0.5, 0.6) is 0 Å². The predicted molar refractivity (Wildman–Crippen MR) is 72.3 cm³/mol. The van der Waals surface area contributed by atoms with Crippen LogP contribution >= 0.6 is 0 Å². The lowest BCUT2D eigenvalue weighted by atomic mass is 10.1. The van der Waals surface area contributed by atoms with Crippen LogP contribution < -0.4 is 5.73 Å². The van der Waals surface area contributed by atoms with Crippen molar-refractivity contribution in [1.29, 1.82) is 0 Å². The summed E-state index contributed by atoms with van der Waals surface area (Å²) < 4.78 is 1.92. The molecule has 0 spiro atoms. The number of aromatic nitrogens is 3. The summed E-state index contributed by atoms with van der Waals surface area (Å²) >= 11 is 0. The first-order valence-corrected chi connectivity index (χ1v) is 5.83. The first kappa shape index (κ1) is 10.8. The molecule has 2 heterocycles. The highest BCUT2D eigenvalue weighted by molar-refractivity contribution is 5.63. The van der Waals surface area contributed by atoms with Crippen LogP contribution in [0.25, 0.3) is 17.0 Å². The fourth-order valence-corrected chi connectivity index (χ4v) is 1.95. The molecule has 0 aliphatic carbocycles. The van der Waals surface area contributed by atoms with Crippen molar-refractivity contribution in [3.8, 4) is 11.4 Å². The van der Waals surface area contributed by atoms with E-state index in [-0.39, 0.29) is 0 Å². The molecule has 0 saturated carbocycles. The van der Waals surface area contributed by atoms with Crippen LogP contribution in [-0.4, -0.2) is 14.6 Å². The summed E-state index contributed by atoms with van der Waals surface area (Å²) in [6, 6.07) is 10.2. The molecule has 0 aliphatic rings. The number of nitrogen functional groups attached to an aromatic ring is 1. The number of hydrogen-bond acceptors (Lipinski definition) is 3. The molecule has 0 amide bonds. The number of aryl methyl sites for hydroxylation is 2. The Hall–Kier alpha value is -2.36. The first-order chi connectivity index (χ1) is 8.65. The molecule has 0 unspecified atom stereocenters. The molecular weight excluding hydrogens is 224 g/mol. The molecular formula is C14H14N4. The van der Waals surface area contributed by atoms with E-state index in [4.69, 9.17) is 5.73 Å². The van der Waals surface area contributed by atoms with Crippen LogP contribution in [0.2, 0.25) is 0 Å². The molecule has 2 aromatic heterocycles. The third-order valence-electron chi connectivity index (χ3n) is 3.10. The van der Waals surface area contributed by atoms with Gasteiger partial charge in [-0.2, -0.15) is 0 Å². The topological polar surface area (TPSA) is 56.2 Å². The van der Waals surface area contributed by atoms with E-state index in [0.717, 1.165) is 28.3 Å². The third kappa shape index (κ3) is 1.62. The number of hydrogen-bond donors (Lipinski definition) is 1. The van der Waals surface area contributed by atoms with Crippen LogP contribution in [-0.2, 0) is 0 Å². The van der Waals surface area contributed by atoms with Crippen molar-refractivity contribution in [3.63, 3.8) is 0 Å². The Morgan fingerprint density at radius 2 is 1.78 bits per heavy atom. The minimum Gasteiger partial charge on any atom is -0.397 e. The average molecular weight is 238 g/mol. The summed E-state index contributed by atoms with van der Waals surface area (Å²) in [5.74, 6) is 0.816. The van der Waals surface area contributed by atoms with Crippen LogP contribution in [0.1, 0.15) is 11.1 Å². The van der Waals surface area contributed by atoms with E-state index in [0.29, 0.717) is 0 Å². The predicted octanol–water partition coefficient (Wildman–Crippen LogP) is 2.60. The molecule has 0 radical (unpaired) electrons. The molecule has 0 fully saturated rings. The van der Waals surface area contributed by atoms with Crippen molar-refractivity contribution in [2.45, 2.75) is 13.8 Å². The van der Waals surface area contributed by atoms with Gasteiger partial charge in [-0.25, -0.2) is 0 Å². The van der Waals surface area contributed by atoms with Crippen LogP contribution in [0, 0.1) is 13.8 Å². The van der Waals surface area contributed by atoms with Gasteiger partial charge < -0.3 is 5.73 Å². The second kappa shape index (κ2) is 3.84. The van der Waals surface area contributed by atoms with E-state index in [1.807, 2.05) is 35.7 Å². The molecule has 0 saturated heterocycles. The lowest BCUT2D eigenvalue weighted by molar-refractivity contribution is 1.11. The van der Waals surface area contributed by atoms with E-state index < -0.39 is 0 Å². The summed E-state index contributed by atoms with van der Waals surface area (Å²) in [5.41, 5.74) is 10.8.